The summed E-state index contributed by atoms with van der Waals surface area (Å²) in [6.07, 6.45) is 43.9. The van der Waals surface area contributed by atoms with Crippen LogP contribution in [0.4, 0.5) is 0 Å². The maximum atomic E-state index is 4.02. The van der Waals surface area contributed by atoms with Crippen LogP contribution in [0, 0.1) is 11.8 Å². The lowest BCUT2D eigenvalue weighted by Gasteiger charge is -2.04. The molecule has 0 radical (unpaired) electrons. The van der Waals surface area contributed by atoms with Crippen molar-refractivity contribution in [3.63, 3.8) is 0 Å². The van der Waals surface area contributed by atoms with E-state index in [4.69, 9.17) is 0 Å². The van der Waals surface area contributed by atoms with Gasteiger partial charge in [-0.15, -0.1) is 6.58 Å². The standard InChI is InChI=1S/4C15H26/c4*1-6-14(4)10-8-12-15(5)11-7-9-13(2)3/h6,9,12H,7-8,10-11H2,1-5H3;9,12H,4,6-8,10-11H2,1-3,5H3;6,9,12,14H,1,7-8,10-11H2,2-5H3;6,12-13H,1,4,7-11H2,2-3,5H3/b14-6?,15-12+;3*15-12+. The topological polar surface area (TPSA) is 0 Å². The summed E-state index contributed by atoms with van der Waals surface area (Å²) in [5, 5.41) is 0. The summed E-state index contributed by atoms with van der Waals surface area (Å²) < 4.78 is 0. The molecule has 60 heavy (non-hydrogen) atoms. The zero-order valence-corrected chi connectivity index (χ0v) is 43.5. The van der Waals surface area contributed by atoms with E-state index in [2.05, 4.69) is 186 Å². The summed E-state index contributed by atoms with van der Waals surface area (Å²) in [4.78, 5) is 0. The first-order valence-electron chi connectivity index (χ1n) is 24.0. The zero-order chi connectivity index (χ0) is 46.7. The van der Waals surface area contributed by atoms with Gasteiger partial charge in [0.25, 0.3) is 0 Å². The summed E-state index contributed by atoms with van der Waals surface area (Å²) in [6, 6.07) is 0. The molecule has 0 heterocycles. The van der Waals surface area contributed by atoms with Crippen molar-refractivity contribution in [3.05, 3.63) is 143 Å². The third-order valence-corrected chi connectivity index (χ3v) is 10.4. The average molecular weight is 825 g/mol. The normalized spacial score (nSPS) is 12.4. The predicted molar refractivity (Wildman–Crippen MR) is 284 cm³/mol. The summed E-state index contributed by atoms with van der Waals surface area (Å²) in [7, 11) is 0. The molecule has 344 valence electrons. The van der Waals surface area contributed by atoms with Crippen molar-refractivity contribution in [2.24, 2.45) is 11.8 Å². The van der Waals surface area contributed by atoms with Crippen molar-refractivity contribution < 1.29 is 0 Å². The molecule has 1 unspecified atom stereocenters. The van der Waals surface area contributed by atoms with Gasteiger partial charge in [0.15, 0.2) is 0 Å². The first-order chi connectivity index (χ1) is 28.2. The van der Waals surface area contributed by atoms with Gasteiger partial charge in [-0.25, -0.2) is 0 Å². The van der Waals surface area contributed by atoms with Crippen molar-refractivity contribution in [1.82, 2.24) is 0 Å². The molecule has 0 saturated carbocycles. The van der Waals surface area contributed by atoms with E-state index in [1.165, 1.54) is 134 Å². The van der Waals surface area contributed by atoms with Gasteiger partial charge in [0.1, 0.15) is 0 Å². The smallest absolute Gasteiger partial charge is 0.0250 e. The van der Waals surface area contributed by atoms with Gasteiger partial charge in [0.2, 0.25) is 0 Å². The first-order valence-corrected chi connectivity index (χ1v) is 24.0. The van der Waals surface area contributed by atoms with Crippen molar-refractivity contribution in [2.75, 3.05) is 0 Å². The molecule has 0 nitrogen and oxygen atoms in total. The largest absolute Gasteiger partial charge is 0.103 e. The Balaban J connectivity index is -0.000000348. The van der Waals surface area contributed by atoms with Crippen molar-refractivity contribution >= 4 is 0 Å². The Morgan fingerprint density at radius 1 is 0.450 bits per heavy atom. The van der Waals surface area contributed by atoms with Crippen molar-refractivity contribution in [2.45, 2.75) is 226 Å². The Morgan fingerprint density at radius 3 is 1.18 bits per heavy atom. The minimum absolute atomic E-state index is 0.645. The monoisotopic (exact) mass is 825 g/mol. The molecule has 0 spiro atoms. The Hall–Kier alpha value is -3.12. The second kappa shape index (κ2) is 45.4. The van der Waals surface area contributed by atoms with Crippen molar-refractivity contribution in [3.8, 4) is 0 Å². The number of hydrogen-bond acceptors (Lipinski definition) is 0. The molecule has 0 heteroatoms. The molecule has 0 N–H and O–H groups in total. The maximum Gasteiger partial charge on any atom is -0.0250 e. The van der Waals surface area contributed by atoms with Crippen LogP contribution in [0.3, 0.4) is 0 Å². The highest BCUT2D eigenvalue weighted by molar-refractivity contribution is 5.12. The van der Waals surface area contributed by atoms with Crippen LogP contribution in [-0.2, 0) is 0 Å². The fourth-order valence-electron chi connectivity index (χ4n) is 5.67. The summed E-state index contributed by atoms with van der Waals surface area (Å²) in [5.74, 6) is 1.48. The minimum Gasteiger partial charge on any atom is -0.103 e. The average Bonchev–Trinajstić information content (AvgIpc) is 3.17. The Kier molecular flexibility index (Phi) is 48.1. The lowest BCUT2D eigenvalue weighted by Crippen LogP contribution is -1.87. The molecule has 0 rings (SSSR count). The molecule has 0 fully saturated rings. The molecule has 0 saturated heterocycles. The molecule has 0 aromatic carbocycles. The second-order valence-corrected chi connectivity index (χ2v) is 18.5. The molecule has 0 aliphatic rings. The van der Waals surface area contributed by atoms with Crippen LogP contribution in [0.1, 0.15) is 226 Å². The molecule has 0 aliphatic heterocycles. The van der Waals surface area contributed by atoms with Gasteiger partial charge in [-0.3, -0.25) is 0 Å². The summed E-state index contributed by atoms with van der Waals surface area (Å²) in [5.41, 5.74) is 14.3. The van der Waals surface area contributed by atoms with Crippen LogP contribution >= 0.6 is 0 Å². The van der Waals surface area contributed by atoms with Crippen molar-refractivity contribution in [1.29, 1.82) is 0 Å². The van der Waals surface area contributed by atoms with E-state index in [0.29, 0.717) is 5.92 Å². The fourth-order valence-corrected chi connectivity index (χ4v) is 5.67. The van der Waals surface area contributed by atoms with Gasteiger partial charge in [0, 0.05) is 0 Å². The molecular formula is C60H104. The number of allylic oxidation sites excluding steroid dienone is 20. The van der Waals surface area contributed by atoms with E-state index in [9.17, 15) is 0 Å². The molecule has 0 bridgehead atoms. The maximum absolute atomic E-state index is 4.02. The molecule has 0 amide bonds. The fraction of sp³-hybridized carbons (Fsp3) is 0.600. The van der Waals surface area contributed by atoms with Gasteiger partial charge in [0.05, 0.1) is 0 Å². The van der Waals surface area contributed by atoms with Crippen LogP contribution < -0.4 is 0 Å². The van der Waals surface area contributed by atoms with E-state index in [1.54, 1.807) is 0 Å². The highest BCUT2D eigenvalue weighted by Crippen LogP contribution is 2.16. The predicted octanol–water partition coefficient (Wildman–Crippen LogP) is 21.4. The van der Waals surface area contributed by atoms with Crippen LogP contribution in [0.15, 0.2) is 143 Å². The number of rotatable bonds is 28. The number of hydrogen-bond donors (Lipinski definition) is 0. The van der Waals surface area contributed by atoms with Crippen LogP contribution in [0.2, 0.25) is 0 Å². The van der Waals surface area contributed by atoms with Crippen LogP contribution in [0.5, 0.6) is 0 Å². The van der Waals surface area contributed by atoms with E-state index in [0.717, 1.165) is 43.6 Å². The Morgan fingerprint density at radius 2 is 0.817 bits per heavy atom. The van der Waals surface area contributed by atoms with Gasteiger partial charge in [-0.1, -0.05) is 170 Å². The third kappa shape index (κ3) is 57.0. The third-order valence-electron chi connectivity index (χ3n) is 10.4. The quantitative estimate of drug-likeness (QED) is 0.0545. The van der Waals surface area contributed by atoms with Gasteiger partial charge < -0.3 is 0 Å². The van der Waals surface area contributed by atoms with E-state index in [-0.39, 0.29) is 0 Å². The molecule has 1 atom stereocenters. The first kappa shape index (κ1) is 63.5. The minimum atomic E-state index is 0.645. The summed E-state index contributed by atoms with van der Waals surface area (Å²) >= 11 is 0. The Labute approximate surface area is 379 Å². The van der Waals surface area contributed by atoms with E-state index < -0.39 is 0 Å². The molecule has 0 aromatic rings. The van der Waals surface area contributed by atoms with E-state index in [1.807, 2.05) is 12.2 Å². The van der Waals surface area contributed by atoms with Crippen LogP contribution in [0.25, 0.3) is 0 Å². The Bertz CT molecular complexity index is 1350. The lowest BCUT2D eigenvalue weighted by molar-refractivity contribution is 0.554. The van der Waals surface area contributed by atoms with Gasteiger partial charge in [-0.2, -0.15) is 0 Å². The lowest BCUT2D eigenvalue weighted by atomic mass is 10.0. The van der Waals surface area contributed by atoms with Crippen LogP contribution in [-0.4, -0.2) is 0 Å². The van der Waals surface area contributed by atoms with Gasteiger partial charge >= 0.3 is 0 Å². The highest BCUT2D eigenvalue weighted by Gasteiger charge is 1.97. The van der Waals surface area contributed by atoms with E-state index >= 15 is 0 Å². The zero-order valence-electron chi connectivity index (χ0n) is 43.5. The molecule has 0 aromatic heterocycles. The SMILES string of the molecule is C=C(CC)CC/C=C(\C)CCC=C(C)C.C=CC(=C)CC/C=C(\C)CCCC(C)C.C=CC(C)CC/C=C(\C)CCC=C(C)C.CC=C(C)CC/C=C(\C)CCC=C(C)C. The van der Waals surface area contributed by atoms with Gasteiger partial charge in [-0.05, 0) is 204 Å². The highest BCUT2D eigenvalue weighted by atomic mass is 14.0. The second-order valence-electron chi connectivity index (χ2n) is 18.5. The summed E-state index contributed by atoms with van der Waals surface area (Å²) in [6.45, 7) is 50.6. The molecular weight excluding hydrogens is 721 g/mol. The molecule has 0 aliphatic carbocycles.